The van der Waals surface area contributed by atoms with Crippen LogP contribution < -0.4 is 10.0 Å². The number of hydrogen-bond acceptors (Lipinski definition) is 5. The first kappa shape index (κ1) is 16.3. The van der Waals surface area contributed by atoms with E-state index in [9.17, 15) is 8.42 Å². The molecule has 112 valence electrons. The standard InChI is InChI=1S/C11H9BrCl2N4O2S/c1-15-11-16-4-6(5-17-11)21(19,20)18-8-3-2-7(12)9(13)10(8)14/h2-5,18H,1H3,(H,15,16,17). The molecule has 2 rings (SSSR count). The molecule has 1 aromatic carbocycles. The Morgan fingerprint density at radius 3 is 2.33 bits per heavy atom. The number of aromatic nitrogens is 2. The summed E-state index contributed by atoms with van der Waals surface area (Å²) in [7, 11) is -2.22. The molecular formula is C11H9BrCl2N4O2S. The highest BCUT2D eigenvalue weighted by atomic mass is 79.9. The van der Waals surface area contributed by atoms with Crippen molar-refractivity contribution < 1.29 is 8.42 Å². The van der Waals surface area contributed by atoms with Crippen LogP contribution in [-0.4, -0.2) is 25.4 Å². The molecule has 10 heteroatoms. The van der Waals surface area contributed by atoms with Gasteiger partial charge in [-0.3, -0.25) is 4.72 Å². The molecule has 0 aliphatic rings. The van der Waals surface area contributed by atoms with E-state index in [1.54, 1.807) is 13.1 Å². The quantitative estimate of drug-likeness (QED) is 0.753. The summed E-state index contributed by atoms with van der Waals surface area (Å²) >= 11 is 15.2. The number of halogens is 3. The van der Waals surface area contributed by atoms with Gasteiger partial charge in [0.15, 0.2) is 0 Å². The van der Waals surface area contributed by atoms with Crippen molar-refractivity contribution in [1.82, 2.24) is 9.97 Å². The van der Waals surface area contributed by atoms with Gasteiger partial charge in [0.2, 0.25) is 5.95 Å². The highest BCUT2D eigenvalue weighted by Crippen LogP contribution is 2.36. The zero-order chi connectivity index (χ0) is 15.6. The van der Waals surface area contributed by atoms with Gasteiger partial charge in [-0.25, -0.2) is 18.4 Å². The molecular weight excluding hydrogens is 403 g/mol. The van der Waals surface area contributed by atoms with Crippen LogP contribution in [0.5, 0.6) is 0 Å². The fourth-order valence-electron chi connectivity index (χ4n) is 1.39. The second kappa shape index (κ2) is 6.35. The number of nitrogens with zero attached hydrogens (tertiary/aromatic N) is 2. The molecule has 0 aliphatic carbocycles. The maximum absolute atomic E-state index is 12.2. The Labute approximate surface area is 140 Å². The van der Waals surface area contributed by atoms with Gasteiger partial charge in [-0.1, -0.05) is 23.2 Å². The lowest BCUT2D eigenvalue weighted by Crippen LogP contribution is -2.14. The normalized spacial score (nSPS) is 11.2. The van der Waals surface area contributed by atoms with Crippen LogP contribution >= 0.6 is 39.1 Å². The zero-order valence-corrected chi connectivity index (χ0v) is 14.5. The van der Waals surface area contributed by atoms with Gasteiger partial charge in [-0.2, -0.15) is 0 Å². The lowest BCUT2D eigenvalue weighted by molar-refractivity contribution is 0.600. The molecule has 0 radical (unpaired) electrons. The number of rotatable bonds is 4. The number of nitrogens with one attached hydrogen (secondary N) is 2. The van der Waals surface area contributed by atoms with Crippen LogP contribution in [0.2, 0.25) is 10.0 Å². The van der Waals surface area contributed by atoms with Crippen LogP contribution in [-0.2, 0) is 10.0 Å². The van der Waals surface area contributed by atoms with Gasteiger partial charge in [-0.05, 0) is 28.1 Å². The van der Waals surface area contributed by atoms with Crippen molar-refractivity contribution in [2.24, 2.45) is 0 Å². The molecule has 2 N–H and O–H groups in total. The van der Waals surface area contributed by atoms with Crippen molar-refractivity contribution >= 4 is 60.8 Å². The fraction of sp³-hybridized carbons (Fsp3) is 0.0909. The number of sulfonamides is 1. The molecule has 6 nitrogen and oxygen atoms in total. The Kier molecular flexibility index (Phi) is 4.92. The highest BCUT2D eigenvalue weighted by molar-refractivity contribution is 9.10. The second-order valence-electron chi connectivity index (χ2n) is 3.82. The van der Waals surface area contributed by atoms with Crippen LogP contribution in [0.1, 0.15) is 0 Å². The van der Waals surface area contributed by atoms with Crippen molar-refractivity contribution in [3.8, 4) is 0 Å². The molecule has 0 atom stereocenters. The summed E-state index contributed by atoms with van der Waals surface area (Å²) in [5.41, 5.74) is 0.169. The fourth-order valence-corrected chi connectivity index (χ4v) is 3.23. The third-order valence-corrected chi connectivity index (χ3v) is 5.53. The monoisotopic (exact) mass is 410 g/mol. The number of anilines is 2. The topological polar surface area (TPSA) is 84.0 Å². The van der Waals surface area contributed by atoms with Gasteiger partial charge in [0, 0.05) is 11.5 Å². The minimum atomic E-state index is -3.85. The van der Waals surface area contributed by atoms with Gasteiger partial charge in [0.05, 0.1) is 28.1 Å². The van der Waals surface area contributed by atoms with E-state index in [4.69, 9.17) is 23.2 Å². The zero-order valence-electron chi connectivity index (χ0n) is 10.6. The Bertz CT molecular complexity index is 769. The average Bonchev–Trinajstić information content (AvgIpc) is 2.48. The van der Waals surface area contributed by atoms with Gasteiger partial charge in [0.1, 0.15) is 4.90 Å². The van der Waals surface area contributed by atoms with E-state index < -0.39 is 10.0 Å². The Balaban J connectivity index is 2.35. The van der Waals surface area contributed by atoms with E-state index >= 15 is 0 Å². The molecule has 0 unspecified atom stereocenters. The van der Waals surface area contributed by atoms with Crippen molar-refractivity contribution in [3.63, 3.8) is 0 Å². The first-order valence-electron chi connectivity index (χ1n) is 5.51. The molecule has 2 aromatic rings. The predicted molar refractivity (Wildman–Crippen MR) is 86.5 cm³/mol. The van der Waals surface area contributed by atoms with Crippen LogP contribution in [0, 0.1) is 0 Å². The van der Waals surface area contributed by atoms with E-state index in [1.807, 2.05) is 0 Å². The van der Waals surface area contributed by atoms with Gasteiger partial charge in [0.25, 0.3) is 10.0 Å². The first-order valence-corrected chi connectivity index (χ1v) is 8.54. The predicted octanol–water partition coefficient (Wildman–Crippen LogP) is 3.39. The van der Waals surface area contributed by atoms with Crippen LogP contribution in [0.3, 0.4) is 0 Å². The van der Waals surface area contributed by atoms with Gasteiger partial charge in [-0.15, -0.1) is 0 Å². The summed E-state index contributed by atoms with van der Waals surface area (Å²) in [6.07, 6.45) is 2.38. The first-order chi connectivity index (χ1) is 9.85. The molecule has 0 bridgehead atoms. The van der Waals surface area contributed by atoms with Crippen LogP contribution in [0.4, 0.5) is 11.6 Å². The maximum atomic E-state index is 12.2. The third kappa shape index (κ3) is 3.57. The van der Waals surface area contributed by atoms with Crippen molar-refractivity contribution in [2.75, 3.05) is 17.1 Å². The Morgan fingerprint density at radius 2 is 1.76 bits per heavy atom. The van der Waals surface area contributed by atoms with Crippen molar-refractivity contribution in [2.45, 2.75) is 4.90 Å². The van der Waals surface area contributed by atoms with E-state index in [0.717, 1.165) is 0 Å². The summed E-state index contributed by atoms with van der Waals surface area (Å²) in [6, 6.07) is 3.09. The van der Waals surface area contributed by atoms with Crippen LogP contribution in [0.25, 0.3) is 0 Å². The SMILES string of the molecule is CNc1ncc(S(=O)(=O)Nc2ccc(Br)c(Cl)c2Cl)cn1. The van der Waals surface area contributed by atoms with Crippen molar-refractivity contribution in [3.05, 3.63) is 39.0 Å². The minimum absolute atomic E-state index is 0.0865. The average molecular weight is 412 g/mol. The lowest BCUT2D eigenvalue weighted by Gasteiger charge is -2.11. The summed E-state index contributed by atoms with van der Waals surface area (Å²) < 4.78 is 27.4. The Hall–Kier alpha value is -1.09. The summed E-state index contributed by atoms with van der Waals surface area (Å²) in [5.74, 6) is 0.318. The molecule has 1 heterocycles. The largest absolute Gasteiger partial charge is 0.357 e. The highest BCUT2D eigenvalue weighted by Gasteiger charge is 2.18. The molecule has 0 amide bonds. The van der Waals surface area contributed by atoms with Crippen LogP contribution in [0.15, 0.2) is 33.9 Å². The molecule has 0 spiro atoms. The summed E-state index contributed by atoms with van der Waals surface area (Å²) in [5, 5.41) is 3.02. The lowest BCUT2D eigenvalue weighted by atomic mass is 10.3. The molecule has 0 saturated heterocycles. The van der Waals surface area contributed by atoms with Gasteiger partial charge >= 0.3 is 0 Å². The molecule has 0 fully saturated rings. The number of hydrogen-bond donors (Lipinski definition) is 2. The molecule has 0 saturated carbocycles. The van der Waals surface area contributed by atoms with Gasteiger partial charge < -0.3 is 5.32 Å². The smallest absolute Gasteiger partial charge is 0.265 e. The molecule has 21 heavy (non-hydrogen) atoms. The number of benzene rings is 1. The Morgan fingerprint density at radius 1 is 1.14 bits per heavy atom. The van der Waals surface area contributed by atoms with E-state index in [0.29, 0.717) is 10.4 Å². The second-order valence-corrected chi connectivity index (χ2v) is 7.11. The van der Waals surface area contributed by atoms with Crippen molar-refractivity contribution in [1.29, 1.82) is 0 Å². The summed E-state index contributed by atoms with van der Waals surface area (Å²) in [4.78, 5) is 7.62. The minimum Gasteiger partial charge on any atom is -0.357 e. The van der Waals surface area contributed by atoms with E-state index in [1.165, 1.54) is 18.5 Å². The molecule has 0 aliphatic heterocycles. The maximum Gasteiger partial charge on any atom is 0.265 e. The van der Waals surface area contributed by atoms with E-state index in [-0.39, 0.29) is 20.6 Å². The third-order valence-electron chi connectivity index (χ3n) is 2.44. The molecule has 1 aromatic heterocycles. The summed E-state index contributed by atoms with van der Waals surface area (Å²) in [6.45, 7) is 0. The van der Waals surface area contributed by atoms with E-state index in [2.05, 4.69) is 35.9 Å².